The summed E-state index contributed by atoms with van der Waals surface area (Å²) < 4.78 is 5.64. The largest absolute Gasteiger partial charge is 0.461 e. The summed E-state index contributed by atoms with van der Waals surface area (Å²) in [5.74, 6) is 3.04. The van der Waals surface area contributed by atoms with Gasteiger partial charge in [-0.1, -0.05) is 6.92 Å². The van der Waals surface area contributed by atoms with Crippen LogP contribution in [0, 0.1) is 5.92 Å². The predicted molar refractivity (Wildman–Crippen MR) is 62.9 cm³/mol. The molecule has 1 heterocycles. The normalized spacial score (nSPS) is 23.6. The third-order valence-electron chi connectivity index (χ3n) is 2.87. The Labute approximate surface area is 95.5 Å². The summed E-state index contributed by atoms with van der Waals surface area (Å²) in [5, 5.41) is 2.70. The average molecular weight is 219 g/mol. The van der Waals surface area contributed by atoms with E-state index in [4.69, 9.17) is 4.42 Å². The molecule has 3 heteroatoms. The summed E-state index contributed by atoms with van der Waals surface area (Å²) in [6.07, 6.45) is 4.43. The third-order valence-corrected chi connectivity index (χ3v) is 2.87. The van der Waals surface area contributed by atoms with Crippen LogP contribution in [0.5, 0.6) is 0 Å². The summed E-state index contributed by atoms with van der Waals surface area (Å²) in [6, 6.07) is 3.92. The molecule has 2 atom stereocenters. The molecule has 1 aromatic rings. The highest BCUT2D eigenvalue weighted by Gasteiger charge is 2.36. The van der Waals surface area contributed by atoms with Crippen LogP contribution in [0.1, 0.15) is 37.7 Å². The minimum atomic E-state index is -0.0831. The highest BCUT2D eigenvalue weighted by Crippen LogP contribution is 2.47. The second-order valence-corrected chi connectivity index (χ2v) is 4.29. The quantitative estimate of drug-likeness (QED) is 0.791. The lowest BCUT2D eigenvalue weighted by Gasteiger charge is -1.93. The summed E-state index contributed by atoms with van der Waals surface area (Å²) in [5.41, 5.74) is 0. The number of carbonyl (C=O) groups excluding carboxylic acids is 1. The molecule has 0 aromatic carbocycles. The number of nitrogens with one attached hydrogen (secondary N) is 1. The smallest absolute Gasteiger partial charge is 0.244 e. The molecule has 1 fully saturated rings. The van der Waals surface area contributed by atoms with E-state index in [0.29, 0.717) is 12.5 Å². The van der Waals surface area contributed by atoms with Crippen molar-refractivity contribution in [3.05, 3.63) is 29.7 Å². The standard InChI is InChI=1S/C13H17NO2/c1-3-14-13(15)7-5-10-4-6-12(16-10)11-8-9(11)2/h4-7,9,11H,3,8H2,1-2H3,(H,14,15)/b7-5+. The maximum absolute atomic E-state index is 11.2. The minimum Gasteiger partial charge on any atom is -0.461 e. The van der Waals surface area contributed by atoms with Gasteiger partial charge in [-0.05, 0) is 37.5 Å². The Morgan fingerprint density at radius 2 is 2.38 bits per heavy atom. The lowest BCUT2D eigenvalue weighted by Crippen LogP contribution is -2.19. The van der Waals surface area contributed by atoms with Gasteiger partial charge in [0.25, 0.3) is 0 Å². The lowest BCUT2D eigenvalue weighted by molar-refractivity contribution is -0.116. The van der Waals surface area contributed by atoms with Gasteiger partial charge in [-0.25, -0.2) is 0 Å². The zero-order chi connectivity index (χ0) is 11.5. The van der Waals surface area contributed by atoms with Crippen LogP contribution in [0.15, 0.2) is 22.6 Å². The number of carbonyl (C=O) groups is 1. The predicted octanol–water partition coefficient (Wildman–Crippen LogP) is 2.55. The molecule has 1 saturated carbocycles. The molecule has 1 aromatic heterocycles. The number of amides is 1. The molecule has 1 amide bonds. The van der Waals surface area contributed by atoms with Crippen LogP contribution in [-0.4, -0.2) is 12.5 Å². The summed E-state index contributed by atoms with van der Waals surface area (Å²) in [6.45, 7) is 4.76. The topological polar surface area (TPSA) is 42.2 Å². The van der Waals surface area contributed by atoms with Crippen LogP contribution in [0.2, 0.25) is 0 Å². The first-order valence-corrected chi connectivity index (χ1v) is 5.76. The number of likely N-dealkylation sites (N-methyl/N-ethyl adjacent to an activating group) is 1. The third kappa shape index (κ3) is 2.54. The fraction of sp³-hybridized carbons (Fsp3) is 0.462. The zero-order valence-electron chi connectivity index (χ0n) is 9.69. The summed E-state index contributed by atoms with van der Waals surface area (Å²) >= 11 is 0. The van der Waals surface area contributed by atoms with Gasteiger partial charge in [-0.15, -0.1) is 0 Å². The van der Waals surface area contributed by atoms with E-state index < -0.39 is 0 Å². The molecule has 1 aliphatic carbocycles. The molecule has 86 valence electrons. The maximum Gasteiger partial charge on any atom is 0.244 e. The maximum atomic E-state index is 11.2. The Hall–Kier alpha value is -1.51. The first kappa shape index (κ1) is 11.0. The van der Waals surface area contributed by atoms with Crippen molar-refractivity contribution in [1.29, 1.82) is 0 Å². The van der Waals surface area contributed by atoms with E-state index in [1.165, 1.54) is 12.5 Å². The SMILES string of the molecule is CCNC(=O)/C=C/c1ccc(C2CC2C)o1. The molecule has 2 unspecified atom stereocenters. The first-order valence-electron chi connectivity index (χ1n) is 5.76. The monoisotopic (exact) mass is 219 g/mol. The van der Waals surface area contributed by atoms with Crippen LogP contribution in [-0.2, 0) is 4.79 Å². The number of hydrogen-bond donors (Lipinski definition) is 1. The second-order valence-electron chi connectivity index (χ2n) is 4.29. The highest BCUT2D eigenvalue weighted by molar-refractivity contribution is 5.91. The van der Waals surface area contributed by atoms with Crippen molar-refractivity contribution in [3.63, 3.8) is 0 Å². The summed E-state index contributed by atoms with van der Waals surface area (Å²) in [4.78, 5) is 11.2. The van der Waals surface area contributed by atoms with Crippen LogP contribution < -0.4 is 5.32 Å². The van der Waals surface area contributed by atoms with Crippen LogP contribution in [0.25, 0.3) is 6.08 Å². The van der Waals surface area contributed by atoms with Gasteiger partial charge >= 0.3 is 0 Å². The molecular formula is C13H17NO2. The van der Waals surface area contributed by atoms with E-state index in [9.17, 15) is 4.79 Å². The van der Waals surface area contributed by atoms with E-state index in [-0.39, 0.29) is 5.91 Å². The van der Waals surface area contributed by atoms with Crippen molar-refractivity contribution in [2.24, 2.45) is 5.92 Å². The van der Waals surface area contributed by atoms with Crippen molar-refractivity contribution in [2.45, 2.75) is 26.2 Å². The Balaban J connectivity index is 1.94. The lowest BCUT2D eigenvalue weighted by atomic mass is 10.3. The highest BCUT2D eigenvalue weighted by atomic mass is 16.3. The van der Waals surface area contributed by atoms with Gasteiger partial charge in [-0.2, -0.15) is 0 Å². The first-order chi connectivity index (χ1) is 7.70. The van der Waals surface area contributed by atoms with E-state index in [0.717, 1.165) is 17.4 Å². The molecule has 0 spiro atoms. The number of rotatable bonds is 4. The van der Waals surface area contributed by atoms with Crippen LogP contribution in [0.4, 0.5) is 0 Å². The van der Waals surface area contributed by atoms with Crippen LogP contribution in [0.3, 0.4) is 0 Å². The Kier molecular flexibility index (Phi) is 3.13. The van der Waals surface area contributed by atoms with Gasteiger partial charge in [0, 0.05) is 18.5 Å². The Morgan fingerprint density at radius 1 is 1.62 bits per heavy atom. The van der Waals surface area contributed by atoms with Gasteiger partial charge in [0.15, 0.2) is 0 Å². The van der Waals surface area contributed by atoms with Crippen molar-refractivity contribution in [3.8, 4) is 0 Å². The zero-order valence-corrected chi connectivity index (χ0v) is 9.69. The van der Waals surface area contributed by atoms with Crippen molar-refractivity contribution in [2.75, 3.05) is 6.54 Å². The van der Waals surface area contributed by atoms with E-state index in [1.807, 2.05) is 19.1 Å². The van der Waals surface area contributed by atoms with Gasteiger partial charge in [-0.3, -0.25) is 4.79 Å². The Morgan fingerprint density at radius 3 is 3.00 bits per heavy atom. The second kappa shape index (κ2) is 4.56. The summed E-state index contributed by atoms with van der Waals surface area (Å²) in [7, 11) is 0. The molecule has 1 aliphatic rings. The molecule has 0 saturated heterocycles. The number of hydrogen-bond acceptors (Lipinski definition) is 2. The van der Waals surface area contributed by atoms with Gasteiger partial charge < -0.3 is 9.73 Å². The molecule has 3 nitrogen and oxygen atoms in total. The van der Waals surface area contributed by atoms with Crippen LogP contribution >= 0.6 is 0 Å². The van der Waals surface area contributed by atoms with E-state index in [2.05, 4.69) is 12.2 Å². The molecule has 0 radical (unpaired) electrons. The average Bonchev–Trinajstić information content (AvgIpc) is 2.80. The van der Waals surface area contributed by atoms with Crippen molar-refractivity contribution < 1.29 is 9.21 Å². The fourth-order valence-corrected chi connectivity index (χ4v) is 1.77. The molecule has 16 heavy (non-hydrogen) atoms. The number of furan rings is 1. The van der Waals surface area contributed by atoms with Gasteiger partial charge in [0.05, 0.1) is 0 Å². The van der Waals surface area contributed by atoms with E-state index >= 15 is 0 Å². The fourth-order valence-electron chi connectivity index (χ4n) is 1.77. The molecule has 0 bridgehead atoms. The van der Waals surface area contributed by atoms with E-state index in [1.54, 1.807) is 6.08 Å². The molecule has 2 rings (SSSR count). The van der Waals surface area contributed by atoms with Crippen molar-refractivity contribution in [1.82, 2.24) is 5.32 Å². The molecular weight excluding hydrogens is 202 g/mol. The van der Waals surface area contributed by atoms with Gasteiger partial charge in [0.2, 0.25) is 5.91 Å². The molecule has 1 N–H and O–H groups in total. The van der Waals surface area contributed by atoms with Crippen molar-refractivity contribution >= 4 is 12.0 Å². The molecule has 0 aliphatic heterocycles. The van der Waals surface area contributed by atoms with Gasteiger partial charge in [0.1, 0.15) is 11.5 Å². The Bertz CT molecular complexity index is 406. The minimum absolute atomic E-state index is 0.0831.